The van der Waals surface area contributed by atoms with Gasteiger partial charge in [-0.1, -0.05) is 12.0 Å². The average molecular weight is 290 g/mol. The van der Waals surface area contributed by atoms with E-state index in [-0.39, 0.29) is 6.04 Å². The first kappa shape index (κ1) is 15.3. The molecule has 1 unspecified atom stereocenters. The predicted molar refractivity (Wildman–Crippen MR) is 82.0 cm³/mol. The maximum absolute atomic E-state index is 5.63. The van der Waals surface area contributed by atoms with Crippen molar-refractivity contribution in [2.75, 3.05) is 19.0 Å². The molecule has 0 aliphatic heterocycles. The van der Waals surface area contributed by atoms with E-state index in [1.807, 2.05) is 32.0 Å². The molecule has 114 valence electrons. The lowest BCUT2D eigenvalue weighted by molar-refractivity contribution is 0.414. The highest BCUT2D eigenvalue weighted by molar-refractivity contribution is 5.58. The number of anilines is 2. The van der Waals surface area contributed by atoms with E-state index in [1.54, 1.807) is 7.11 Å². The molecule has 0 fully saturated rings. The van der Waals surface area contributed by atoms with Gasteiger partial charge in [-0.25, -0.2) is 0 Å². The standard InChI is InChI=1S/C15H22N4O2/c1-5-8-16-11(3)14-18-19-15(21-14)17-13-7-6-12(20-4)9-10(13)2/h6-7,9,11,16H,5,8H2,1-4H3,(H,17,19). The van der Waals surface area contributed by atoms with Crippen LogP contribution < -0.4 is 15.4 Å². The van der Waals surface area contributed by atoms with Gasteiger partial charge in [0, 0.05) is 5.69 Å². The normalized spacial score (nSPS) is 12.2. The van der Waals surface area contributed by atoms with Crippen LogP contribution in [0.4, 0.5) is 11.7 Å². The monoisotopic (exact) mass is 290 g/mol. The van der Waals surface area contributed by atoms with Gasteiger partial charge < -0.3 is 19.8 Å². The number of hydrogen-bond acceptors (Lipinski definition) is 6. The molecule has 6 nitrogen and oxygen atoms in total. The number of aryl methyl sites for hydroxylation is 1. The van der Waals surface area contributed by atoms with Crippen molar-refractivity contribution in [2.24, 2.45) is 0 Å². The zero-order chi connectivity index (χ0) is 15.2. The van der Waals surface area contributed by atoms with Crippen molar-refractivity contribution in [3.05, 3.63) is 29.7 Å². The summed E-state index contributed by atoms with van der Waals surface area (Å²) in [6.07, 6.45) is 1.06. The quantitative estimate of drug-likeness (QED) is 0.816. The first-order valence-electron chi connectivity index (χ1n) is 7.12. The van der Waals surface area contributed by atoms with Crippen LogP contribution in [0.5, 0.6) is 5.75 Å². The first-order valence-corrected chi connectivity index (χ1v) is 7.12. The van der Waals surface area contributed by atoms with Gasteiger partial charge in [-0.15, -0.1) is 5.10 Å². The number of aromatic nitrogens is 2. The molecule has 0 bridgehead atoms. The highest BCUT2D eigenvalue weighted by Crippen LogP contribution is 2.24. The largest absolute Gasteiger partial charge is 0.497 e. The molecular formula is C15H22N4O2. The number of nitrogens with one attached hydrogen (secondary N) is 2. The molecular weight excluding hydrogens is 268 g/mol. The van der Waals surface area contributed by atoms with Gasteiger partial charge in [0.15, 0.2) is 0 Å². The molecule has 1 heterocycles. The minimum atomic E-state index is 0.0463. The summed E-state index contributed by atoms with van der Waals surface area (Å²) in [7, 11) is 1.65. The number of hydrogen-bond donors (Lipinski definition) is 2. The minimum Gasteiger partial charge on any atom is -0.497 e. The van der Waals surface area contributed by atoms with Crippen LogP contribution in [0.1, 0.15) is 37.8 Å². The van der Waals surface area contributed by atoms with Crippen molar-refractivity contribution in [3.63, 3.8) is 0 Å². The van der Waals surface area contributed by atoms with E-state index in [2.05, 4.69) is 27.8 Å². The topological polar surface area (TPSA) is 72.2 Å². The van der Waals surface area contributed by atoms with Crippen molar-refractivity contribution in [2.45, 2.75) is 33.2 Å². The summed E-state index contributed by atoms with van der Waals surface area (Å²) in [5, 5.41) is 14.5. The zero-order valence-electron chi connectivity index (χ0n) is 12.9. The Morgan fingerprint density at radius 3 is 2.81 bits per heavy atom. The summed E-state index contributed by atoms with van der Waals surface area (Å²) in [6, 6.07) is 6.20. The van der Waals surface area contributed by atoms with Gasteiger partial charge in [-0.05, 0) is 50.6 Å². The molecule has 1 aromatic carbocycles. The van der Waals surface area contributed by atoms with Crippen LogP contribution in [0, 0.1) is 6.92 Å². The molecule has 0 saturated heterocycles. The second-order valence-corrected chi connectivity index (χ2v) is 4.93. The fourth-order valence-electron chi connectivity index (χ4n) is 1.93. The molecule has 0 saturated carbocycles. The Labute approximate surface area is 124 Å². The zero-order valence-corrected chi connectivity index (χ0v) is 12.9. The fraction of sp³-hybridized carbons (Fsp3) is 0.467. The number of benzene rings is 1. The molecule has 0 amide bonds. The van der Waals surface area contributed by atoms with Crippen molar-refractivity contribution >= 4 is 11.7 Å². The van der Waals surface area contributed by atoms with Gasteiger partial charge in [0.05, 0.1) is 13.2 Å². The van der Waals surface area contributed by atoms with Crippen LogP contribution >= 0.6 is 0 Å². The van der Waals surface area contributed by atoms with E-state index >= 15 is 0 Å². The summed E-state index contributed by atoms with van der Waals surface area (Å²) >= 11 is 0. The lowest BCUT2D eigenvalue weighted by Crippen LogP contribution is -2.19. The Kier molecular flexibility index (Phi) is 5.16. The molecule has 0 aliphatic carbocycles. The first-order chi connectivity index (χ1) is 10.1. The molecule has 2 aromatic rings. The second-order valence-electron chi connectivity index (χ2n) is 4.93. The third-order valence-electron chi connectivity index (χ3n) is 3.19. The van der Waals surface area contributed by atoms with Gasteiger partial charge >= 0.3 is 6.01 Å². The van der Waals surface area contributed by atoms with E-state index in [0.29, 0.717) is 11.9 Å². The van der Waals surface area contributed by atoms with Crippen molar-refractivity contribution in [1.82, 2.24) is 15.5 Å². The molecule has 1 atom stereocenters. The Balaban J connectivity index is 2.05. The molecule has 6 heteroatoms. The Bertz CT molecular complexity index is 583. The van der Waals surface area contributed by atoms with Crippen LogP contribution in [0.3, 0.4) is 0 Å². The van der Waals surface area contributed by atoms with Crippen LogP contribution in [0.15, 0.2) is 22.6 Å². The second kappa shape index (κ2) is 7.08. The van der Waals surface area contributed by atoms with Gasteiger partial charge in [-0.2, -0.15) is 0 Å². The molecule has 1 aromatic heterocycles. The van der Waals surface area contributed by atoms with E-state index in [4.69, 9.17) is 9.15 Å². The predicted octanol–water partition coefficient (Wildman–Crippen LogP) is 3.19. The van der Waals surface area contributed by atoms with Gasteiger partial charge in [0.1, 0.15) is 5.75 Å². The number of methoxy groups -OCH3 is 1. The maximum Gasteiger partial charge on any atom is 0.320 e. The summed E-state index contributed by atoms with van der Waals surface area (Å²) in [5.41, 5.74) is 1.96. The van der Waals surface area contributed by atoms with Crippen molar-refractivity contribution < 1.29 is 9.15 Å². The third-order valence-corrected chi connectivity index (χ3v) is 3.19. The molecule has 2 rings (SSSR count). The van der Waals surface area contributed by atoms with Gasteiger partial charge in [0.25, 0.3) is 0 Å². The van der Waals surface area contributed by atoms with E-state index in [9.17, 15) is 0 Å². The minimum absolute atomic E-state index is 0.0463. The average Bonchev–Trinajstić information content (AvgIpc) is 2.95. The number of rotatable bonds is 7. The van der Waals surface area contributed by atoms with Crippen LogP contribution in [0.25, 0.3) is 0 Å². The number of ether oxygens (including phenoxy) is 1. The third kappa shape index (κ3) is 3.95. The Morgan fingerprint density at radius 1 is 1.33 bits per heavy atom. The SMILES string of the molecule is CCCNC(C)c1nnc(Nc2ccc(OC)cc2C)o1. The summed E-state index contributed by atoms with van der Waals surface area (Å²) < 4.78 is 10.8. The lowest BCUT2D eigenvalue weighted by Gasteiger charge is -2.09. The van der Waals surface area contributed by atoms with E-state index < -0.39 is 0 Å². The lowest BCUT2D eigenvalue weighted by atomic mass is 10.2. The number of nitrogens with zero attached hydrogens (tertiary/aromatic N) is 2. The Morgan fingerprint density at radius 2 is 2.14 bits per heavy atom. The summed E-state index contributed by atoms with van der Waals surface area (Å²) in [4.78, 5) is 0. The van der Waals surface area contributed by atoms with E-state index in [1.165, 1.54) is 0 Å². The maximum atomic E-state index is 5.63. The van der Waals surface area contributed by atoms with Crippen LogP contribution in [-0.2, 0) is 0 Å². The molecule has 0 spiro atoms. The van der Waals surface area contributed by atoms with Gasteiger partial charge in [0.2, 0.25) is 5.89 Å². The molecule has 0 aliphatic rings. The van der Waals surface area contributed by atoms with Crippen molar-refractivity contribution in [1.29, 1.82) is 0 Å². The highest BCUT2D eigenvalue weighted by atomic mass is 16.5. The van der Waals surface area contributed by atoms with Crippen LogP contribution in [-0.4, -0.2) is 23.9 Å². The fourth-order valence-corrected chi connectivity index (χ4v) is 1.93. The summed E-state index contributed by atoms with van der Waals surface area (Å²) in [5.74, 6) is 1.40. The van der Waals surface area contributed by atoms with E-state index in [0.717, 1.165) is 30.0 Å². The molecule has 21 heavy (non-hydrogen) atoms. The molecule has 2 N–H and O–H groups in total. The highest BCUT2D eigenvalue weighted by Gasteiger charge is 2.13. The molecule has 0 radical (unpaired) electrons. The van der Waals surface area contributed by atoms with Crippen LogP contribution in [0.2, 0.25) is 0 Å². The Hall–Kier alpha value is -2.08. The van der Waals surface area contributed by atoms with Gasteiger partial charge in [-0.3, -0.25) is 0 Å². The van der Waals surface area contributed by atoms with Crippen molar-refractivity contribution in [3.8, 4) is 5.75 Å². The smallest absolute Gasteiger partial charge is 0.320 e. The summed E-state index contributed by atoms with van der Waals surface area (Å²) in [6.45, 7) is 7.04.